The molecule has 27 heavy (non-hydrogen) atoms. The molecular formula is C23H30N2O2. The molecule has 0 saturated carbocycles. The van der Waals surface area contributed by atoms with Crippen LogP contribution in [-0.4, -0.2) is 29.3 Å². The Kier molecular flexibility index (Phi) is 7.17. The van der Waals surface area contributed by atoms with Gasteiger partial charge in [-0.3, -0.25) is 9.59 Å². The predicted molar refractivity (Wildman–Crippen MR) is 109 cm³/mol. The molecule has 144 valence electrons. The van der Waals surface area contributed by atoms with Gasteiger partial charge in [-0.2, -0.15) is 0 Å². The van der Waals surface area contributed by atoms with Gasteiger partial charge in [0.25, 0.3) is 0 Å². The van der Waals surface area contributed by atoms with E-state index < -0.39 is 6.04 Å². The maximum absolute atomic E-state index is 13.2. The molecule has 0 aliphatic carbocycles. The summed E-state index contributed by atoms with van der Waals surface area (Å²) in [6.07, 6.45) is 0.295. The van der Waals surface area contributed by atoms with Crippen LogP contribution in [0.3, 0.4) is 0 Å². The van der Waals surface area contributed by atoms with Crippen molar-refractivity contribution >= 4 is 11.8 Å². The van der Waals surface area contributed by atoms with E-state index in [1.165, 1.54) is 0 Å². The number of rotatable bonds is 7. The third-order valence-electron chi connectivity index (χ3n) is 4.97. The van der Waals surface area contributed by atoms with E-state index in [4.69, 9.17) is 0 Å². The van der Waals surface area contributed by atoms with E-state index in [0.717, 1.165) is 27.8 Å². The van der Waals surface area contributed by atoms with Crippen LogP contribution < -0.4 is 5.32 Å². The summed E-state index contributed by atoms with van der Waals surface area (Å²) >= 11 is 0. The zero-order valence-corrected chi connectivity index (χ0v) is 17.0. The minimum atomic E-state index is -0.526. The quantitative estimate of drug-likeness (QED) is 0.812. The van der Waals surface area contributed by atoms with E-state index in [9.17, 15) is 9.59 Å². The largest absolute Gasteiger partial charge is 0.355 e. The number of likely N-dealkylation sites (N-methyl/N-ethyl adjacent to an activating group) is 1. The third-order valence-corrected chi connectivity index (χ3v) is 4.97. The van der Waals surface area contributed by atoms with Gasteiger partial charge in [0.15, 0.2) is 0 Å². The molecule has 4 nitrogen and oxygen atoms in total. The lowest BCUT2D eigenvalue weighted by Gasteiger charge is -2.29. The number of amides is 2. The molecule has 0 saturated heterocycles. The number of nitrogens with zero attached hydrogens (tertiary/aromatic N) is 1. The van der Waals surface area contributed by atoms with E-state index in [1.54, 1.807) is 11.8 Å². The van der Waals surface area contributed by atoms with E-state index >= 15 is 0 Å². The first-order valence-electron chi connectivity index (χ1n) is 9.51. The number of hydrogen-bond acceptors (Lipinski definition) is 2. The summed E-state index contributed by atoms with van der Waals surface area (Å²) in [5, 5.41) is 2.83. The van der Waals surface area contributed by atoms with Gasteiger partial charge >= 0.3 is 0 Å². The fourth-order valence-corrected chi connectivity index (χ4v) is 3.13. The number of carbonyl (C=O) groups is 2. The molecule has 0 aromatic heterocycles. The minimum Gasteiger partial charge on any atom is -0.355 e. The lowest BCUT2D eigenvalue weighted by molar-refractivity contribution is -0.140. The number of benzene rings is 2. The summed E-state index contributed by atoms with van der Waals surface area (Å²) in [4.78, 5) is 27.3. The van der Waals surface area contributed by atoms with Crippen LogP contribution in [0.5, 0.6) is 0 Å². The van der Waals surface area contributed by atoms with Crippen LogP contribution in [-0.2, 0) is 22.6 Å². The smallest absolute Gasteiger partial charge is 0.242 e. The Morgan fingerprint density at radius 3 is 2.33 bits per heavy atom. The van der Waals surface area contributed by atoms with Crippen LogP contribution in [0.15, 0.2) is 42.5 Å². The highest BCUT2D eigenvalue weighted by molar-refractivity contribution is 5.88. The molecule has 0 aliphatic rings. The highest BCUT2D eigenvalue weighted by Crippen LogP contribution is 2.17. The fourth-order valence-electron chi connectivity index (χ4n) is 3.13. The fraction of sp³-hybridized carbons (Fsp3) is 0.391. The van der Waals surface area contributed by atoms with Crippen LogP contribution in [0.25, 0.3) is 0 Å². The summed E-state index contributed by atoms with van der Waals surface area (Å²) in [5.74, 6) is -0.161. The lowest BCUT2D eigenvalue weighted by Crippen LogP contribution is -2.48. The van der Waals surface area contributed by atoms with Gasteiger partial charge in [0, 0.05) is 13.1 Å². The average Bonchev–Trinajstić information content (AvgIpc) is 2.63. The van der Waals surface area contributed by atoms with Gasteiger partial charge < -0.3 is 10.2 Å². The molecule has 1 N–H and O–H groups in total. The Labute approximate surface area is 162 Å². The van der Waals surface area contributed by atoms with Crippen molar-refractivity contribution < 1.29 is 9.59 Å². The van der Waals surface area contributed by atoms with Crippen molar-refractivity contribution in [1.82, 2.24) is 10.2 Å². The molecule has 2 rings (SSSR count). The zero-order chi connectivity index (χ0) is 20.0. The average molecular weight is 367 g/mol. The Hall–Kier alpha value is -2.62. The Bertz CT molecular complexity index is 814. The maximum atomic E-state index is 13.2. The molecule has 0 aliphatic heterocycles. The molecule has 0 bridgehead atoms. The monoisotopic (exact) mass is 366 g/mol. The second-order valence-corrected chi connectivity index (χ2v) is 7.13. The molecule has 1 atom stereocenters. The summed E-state index contributed by atoms with van der Waals surface area (Å²) in [6.45, 7) is 10.7. The van der Waals surface area contributed by atoms with Crippen LogP contribution >= 0.6 is 0 Å². The highest BCUT2D eigenvalue weighted by Gasteiger charge is 2.26. The highest BCUT2D eigenvalue weighted by atomic mass is 16.2. The molecule has 2 aromatic rings. The molecule has 0 radical (unpaired) electrons. The van der Waals surface area contributed by atoms with E-state index in [0.29, 0.717) is 19.5 Å². The first kappa shape index (κ1) is 20.7. The van der Waals surface area contributed by atoms with Crippen LogP contribution in [0, 0.1) is 20.8 Å². The van der Waals surface area contributed by atoms with E-state index in [-0.39, 0.29) is 11.8 Å². The zero-order valence-electron chi connectivity index (χ0n) is 17.0. The molecular weight excluding hydrogens is 336 g/mol. The molecule has 0 heterocycles. The molecule has 2 amide bonds. The SMILES string of the molecule is CCNC(=O)[C@@H](C)N(Cc1ccccc1C)C(=O)Cc1cc(C)ccc1C. The van der Waals surface area contributed by atoms with Gasteiger partial charge in [-0.1, -0.05) is 48.0 Å². The molecule has 0 spiro atoms. The van der Waals surface area contributed by atoms with Crippen molar-refractivity contribution in [2.45, 2.75) is 53.6 Å². The first-order chi connectivity index (χ1) is 12.8. The van der Waals surface area contributed by atoms with Gasteiger partial charge in [0.05, 0.1) is 6.42 Å². The molecule has 0 fully saturated rings. The summed E-state index contributed by atoms with van der Waals surface area (Å²) in [6, 6.07) is 13.6. The van der Waals surface area contributed by atoms with Gasteiger partial charge in [-0.05, 0) is 56.9 Å². The molecule has 2 aromatic carbocycles. The normalized spacial score (nSPS) is 11.7. The molecule has 4 heteroatoms. The number of hydrogen-bond donors (Lipinski definition) is 1. The standard InChI is InChI=1S/C23H30N2O2/c1-6-24-23(27)19(5)25(15-20-10-8-7-9-17(20)3)22(26)14-21-13-16(2)11-12-18(21)4/h7-13,19H,6,14-15H2,1-5H3,(H,24,27)/t19-/m1/s1. The van der Waals surface area contributed by atoms with E-state index in [1.807, 2.05) is 64.1 Å². The minimum absolute atomic E-state index is 0.0364. The Balaban J connectivity index is 2.30. The predicted octanol–water partition coefficient (Wildman–Crippen LogP) is 3.71. The van der Waals surface area contributed by atoms with Crippen LogP contribution in [0.4, 0.5) is 0 Å². The number of nitrogens with one attached hydrogen (secondary N) is 1. The van der Waals surface area contributed by atoms with Crippen molar-refractivity contribution in [3.63, 3.8) is 0 Å². The molecule has 0 unspecified atom stereocenters. The third kappa shape index (κ3) is 5.43. The van der Waals surface area contributed by atoms with Crippen molar-refractivity contribution in [2.75, 3.05) is 6.54 Å². The first-order valence-corrected chi connectivity index (χ1v) is 9.51. The van der Waals surface area contributed by atoms with Gasteiger partial charge in [-0.15, -0.1) is 0 Å². The maximum Gasteiger partial charge on any atom is 0.242 e. The van der Waals surface area contributed by atoms with Gasteiger partial charge in [0.1, 0.15) is 6.04 Å². The second kappa shape index (κ2) is 9.36. The number of aryl methyl sites for hydroxylation is 3. The van der Waals surface area contributed by atoms with E-state index in [2.05, 4.69) is 11.4 Å². The van der Waals surface area contributed by atoms with Crippen molar-refractivity contribution in [3.8, 4) is 0 Å². The number of carbonyl (C=O) groups excluding carboxylic acids is 2. The summed E-state index contributed by atoms with van der Waals surface area (Å²) in [7, 11) is 0. The van der Waals surface area contributed by atoms with Gasteiger partial charge in [-0.25, -0.2) is 0 Å². The van der Waals surface area contributed by atoms with Crippen LogP contribution in [0.1, 0.15) is 41.7 Å². The van der Waals surface area contributed by atoms with Crippen molar-refractivity contribution in [2.24, 2.45) is 0 Å². The van der Waals surface area contributed by atoms with Crippen molar-refractivity contribution in [3.05, 3.63) is 70.3 Å². The Morgan fingerprint density at radius 2 is 1.67 bits per heavy atom. The lowest BCUT2D eigenvalue weighted by atomic mass is 10.0. The Morgan fingerprint density at radius 1 is 1.00 bits per heavy atom. The topological polar surface area (TPSA) is 49.4 Å². The van der Waals surface area contributed by atoms with Crippen molar-refractivity contribution in [1.29, 1.82) is 0 Å². The summed E-state index contributed by atoms with van der Waals surface area (Å²) in [5.41, 5.74) is 5.41. The van der Waals surface area contributed by atoms with Gasteiger partial charge in [0.2, 0.25) is 11.8 Å². The summed E-state index contributed by atoms with van der Waals surface area (Å²) < 4.78 is 0. The van der Waals surface area contributed by atoms with Crippen LogP contribution in [0.2, 0.25) is 0 Å². The second-order valence-electron chi connectivity index (χ2n) is 7.13.